The van der Waals surface area contributed by atoms with Crippen molar-refractivity contribution in [3.63, 3.8) is 0 Å². The molecule has 0 atom stereocenters. The SMILES string of the molecule is COc1cc(C)c(F)c(OCCO)c1OC. The van der Waals surface area contributed by atoms with E-state index in [9.17, 15) is 4.39 Å². The summed E-state index contributed by atoms with van der Waals surface area (Å²) in [5.41, 5.74) is 0.394. The lowest BCUT2D eigenvalue weighted by atomic mass is 10.2. The van der Waals surface area contributed by atoms with Crippen molar-refractivity contribution in [3.05, 3.63) is 17.4 Å². The van der Waals surface area contributed by atoms with Crippen molar-refractivity contribution in [3.8, 4) is 17.2 Å². The van der Waals surface area contributed by atoms with Crippen molar-refractivity contribution < 1.29 is 23.7 Å². The predicted octanol–water partition coefficient (Wildman–Crippen LogP) is 1.52. The van der Waals surface area contributed by atoms with Gasteiger partial charge in [0.05, 0.1) is 20.8 Å². The van der Waals surface area contributed by atoms with Crippen molar-refractivity contribution in [2.75, 3.05) is 27.4 Å². The number of aliphatic hydroxyl groups excluding tert-OH is 1. The summed E-state index contributed by atoms with van der Waals surface area (Å²) in [5.74, 6) is 0.0490. The summed E-state index contributed by atoms with van der Waals surface area (Å²) in [5, 5.41) is 8.66. The summed E-state index contributed by atoms with van der Waals surface area (Å²) in [4.78, 5) is 0. The third-order valence-electron chi connectivity index (χ3n) is 2.08. The van der Waals surface area contributed by atoms with Crippen LogP contribution in [0.25, 0.3) is 0 Å². The number of aliphatic hydroxyl groups is 1. The average molecular weight is 230 g/mol. The summed E-state index contributed by atoms with van der Waals surface area (Å²) >= 11 is 0. The zero-order valence-electron chi connectivity index (χ0n) is 9.54. The van der Waals surface area contributed by atoms with Crippen molar-refractivity contribution in [2.24, 2.45) is 0 Å². The van der Waals surface area contributed by atoms with E-state index in [0.717, 1.165) is 0 Å². The number of methoxy groups -OCH3 is 2. The van der Waals surface area contributed by atoms with Gasteiger partial charge in [0.1, 0.15) is 6.61 Å². The molecule has 1 aromatic carbocycles. The van der Waals surface area contributed by atoms with Crippen LogP contribution in [0.4, 0.5) is 4.39 Å². The molecule has 0 aliphatic rings. The molecule has 0 spiro atoms. The number of hydrogen-bond acceptors (Lipinski definition) is 4. The second-order valence-corrected chi connectivity index (χ2v) is 3.14. The fourth-order valence-electron chi connectivity index (χ4n) is 1.34. The molecule has 0 amide bonds. The highest BCUT2D eigenvalue weighted by Crippen LogP contribution is 2.40. The van der Waals surface area contributed by atoms with Crippen molar-refractivity contribution in [2.45, 2.75) is 6.92 Å². The Balaban J connectivity index is 3.23. The molecule has 0 unspecified atom stereocenters. The Morgan fingerprint density at radius 2 is 1.94 bits per heavy atom. The van der Waals surface area contributed by atoms with Crippen LogP contribution in [0.15, 0.2) is 6.07 Å². The number of benzene rings is 1. The van der Waals surface area contributed by atoms with Gasteiger partial charge in [0.2, 0.25) is 11.5 Å². The van der Waals surface area contributed by atoms with Gasteiger partial charge in [-0.2, -0.15) is 0 Å². The maximum Gasteiger partial charge on any atom is 0.206 e. The second-order valence-electron chi connectivity index (χ2n) is 3.14. The summed E-state index contributed by atoms with van der Waals surface area (Å²) in [7, 11) is 2.86. The molecule has 4 nitrogen and oxygen atoms in total. The minimum absolute atomic E-state index is 0.000111. The van der Waals surface area contributed by atoms with Gasteiger partial charge in [-0.25, -0.2) is 4.39 Å². The smallest absolute Gasteiger partial charge is 0.206 e. The van der Waals surface area contributed by atoms with Gasteiger partial charge in [0.25, 0.3) is 0 Å². The van der Waals surface area contributed by atoms with Crippen LogP contribution < -0.4 is 14.2 Å². The number of rotatable bonds is 5. The van der Waals surface area contributed by atoms with E-state index in [4.69, 9.17) is 19.3 Å². The molecule has 1 rings (SSSR count). The summed E-state index contributed by atoms with van der Waals surface area (Å²) < 4.78 is 28.9. The lowest BCUT2D eigenvalue weighted by Gasteiger charge is -2.15. The van der Waals surface area contributed by atoms with Crippen molar-refractivity contribution in [1.29, 1.82) is 0 Å². The summed E-state index contributed by atoms with van der Waals surface area (Å²) in [6.45, 7) is 1.40. The van der Waals surface area contributed by atoms with Gasteiger partial charge in [0, 0.05) is 0 Å². The zero-order chi connectivity index (χ0) is 12.1. The molecule has 0 heterocycles. The standard InChI is InChI=1S/C11H15FO4/c1-7-6-8(14-2)10(15-3)11(9(7)12)16-5-4-13/h6,13H,4-5H2,1-3H3. The Morgan fingerprint density at radius 3 is 2.44 bits per heavy atom. The van der Waals surface area contributed by atoms with E-state index >= 15 is 0 Å². The van der Waals surface area contributed by atoms with Gasteiger partial charge in [-0.05, 0) is 18.6 Å². The Morgan fingerprint density at radius 1 is 1.25 bits per heavy atom. The summed E-state index contributed by atoms with van der Waals surface area (Å²) in [6.07, 6.45) is 0. The first-order valence-corrected chi connectivity index (χ1v) is 4.80. The monoisotopic (exact) mass is 230 g/mol. The molecule has 0 fully saturated rings. The van der Waals surface area contributed by atoms with Crippen LogP contribution in [0.1, 0.15) is 5.56 Å². The molecular formula is C11H15FO4. The van der Waals surface area contributed by atoms with E-state index in [-0.39, 0.29) is 24.7 Å². The molecule has 16 heavy (non-hydrogen) atoms. The maximum absolute atomic E-state index is 13.7. The van der Waals surface area contributed by atoms with E-state index in [1.54, 1.807) is 6.92 Å². The highest BCUT2D eigenvalue weighted by molar-refractivity contribution is 5.54. The van der Waals surface area contributed by atoms with Gasteiger partial charge < -0.3 is 19.3 Å². The van der Waals surface area contributed by atoms with Gasteiger partial charge in [-0.3, -0.25) is 0 Å². The van der Waals surface area contributed by atoms with E-state index < -0.39 is 5.82 Å². The normalized spacial score (nSPS) is 10.1. The largest absolute Gasteiger partial charge is 0.493 e. The Bertz CT molecular complexity index is 365. The van der Waals surface area contributed by atoms with Crippen LogP contribution in [0.3, 0.4) is 0 Å². The highest BCUT2D eigenvalue weighted by atomic mass is 19.1. The number of aryl methyl sites for hydroxylation is 1. The first-order valence-electron chi connectivity index (χ1n) is 4.80. The number of ether oxygens (including phenoxy) is 3. The Labute approximate surface area is 93.6 Å². The molecule has 0 aromatic heterocycles. The maximum atomic E-state index is 13.7. The van der Waals surface area contributed by atoms with Gasteiger partial charge in [-0.1, -0.05) is 0 Å². The summed E-state index contributed by atoms with van der Waals surface area (Å²) in [6, 6.07) is 1.53. The average Bonchev–Trinajstić information content (AvgIpc) is 2.30. The third-order valence-corrected chi connectivity index (χ3v) is 2.08. The molecule has 1 N–H and O–H groups in total. The minimum Gasteiger partial charge on any atom is -0.493 e. The molecule has 0 aliphatic heterocycles. The number of halogens is 1. The van der Waals surface area contributed by atoms with Crippen LogP contribution in [0.5, 0.6) is 17.2 Å². The highest BCUT2D eigenvalue weighted by Gasteiger charge is 2.19. The molecular weight excluding hydrogens is 215 g/mol. The van der Waals surface area contributed by atoms with E-state index in [0.29, 0.717) is 11.3 Å². The van der Waals surface area contributed by atoms with Crippen molar-refractivity contribution in [1.82, 2.24) is 0 Å². The van der Waals surface area contributed by atoms with Crippen molar-refractivity contribution >= 4 is 0 Å². The Kier molecular flexibility index (Phi) is 4.37. The third kappa shape index (κ3) is 2.36. The molecule has 0 radical (unpaired) electrons. The predicted molar refractivity (Wildman–Crippen MR) is 56.8 cm³/mol. The quantitative estimate of drug-likeness (QED) is 0.833. The van der Waals surface area contributed by atoms with Gasteiger partial charge in [-0.15, -0.1) is 0 Å². The van der Waals surface area contributed by atoms with Crippen LogP contribution >= 0.6 is 0 Å². The minimum atomic E-state index is -0.508. The zero-order valence-corrected chi connectivity index (χ0v) is 9.54. The molecule has 0 saturated heterocycles. The molecule has 0 saturated carbocycles. The first-order chi connectivity index (χ1) is 7.65. The lowest BCUT2D eigenvalue weighted by Crippen LogP contribution is -2.06. The van der Waals surface area contributed by atoms with Crippen LogP contribution in [-0.4, -0.2) is 32.5 Å². The van der Waals surface area contributed by atoms with Gasteiger partial charge in [0.15, 0.2) is 11.6 Å². The first kappa shape index (κ1) is 12.6. The lowest BCUT2D eigenvalue weighted by molar-refractivity contribution is 0.189. The van der Waals surface area contributed by atoms with Gasteiger partial charge >= 0.3 is 0 Å². The molecule has 5 heteroatoms. The van der Waals surface area contributed by atoms with E-state index in [2.05, 4.69) is 0 Å². The second kappa shape index (κ2) is 5.55. The molecule has 0 aliphatic carbocycles. The van der Waals surface area contributed by atoms with Crippen LogP contribution in [0.2, 0.25) is 0 Å². The number of hydrogen-bond donors (Lipinski definition) is 1. The topological polar surface area (TPSA) is 47.9 Å². The fraction of sp³-hybridized carbons (Fsp3) is 0.455. The molecule has 0 bridgehead atoms. The fourth-order valence-corrected chi connectivity index (χ4v) is 1.34. The van der Waals surface area contributed by atoms with Crippen LogP contribution in [-0.2, 0) is 0 Å². The Hall–Kier alpha value is -1.49. The molecule has 1 aromatic rings. The molecule has 90 valence electrons. The van der Waals surface area contributed by atoms with E-state index in [1.165, 1.54) is 20.3 Å². The van der Waals surface area contributed by atoms with E-state index in [1.807, 2.05) is 0 Å². The van der Waals surface area contributed by atoms with Crippen LogP contribution in [0, 0.1) is 12.7 Å².